The van der Waals surface area contributed by atoms with E-state index in [-0.39, 0.29) is 29.8 Å². The van der Waals surface area contributed by atoms with Gasteiger partial charge in [0.15, 0.2) is 0 Å². The van der Waals surface area contributed by atoms with Gasteiger partial charge < -0.3 is 15.7 Å². The maximum absolute atomic E-state index is 12.8. The van der Waals surface area contributed by atoms with Crippen LogP contribution < -0.4 is 10.6 Å². The third-order valence-corrected chi connectivity index (χ3v) is 3.36. The predicted molar refractivity (Wildman–Crippen MR) is 76.8 cm³/mol. The summed E-state index contributed by atoms with van der Waals surface area (Å²) in [4.78, 5) is 11.7. The number of aliphatic hydroxyl groups is 1. The summed E-state index contributed by atoms with van der Waals surface area (Å²) in [5.74, 6) is -0.356. The highest BCUT2D eigenvalue weighted by Gasteiger charge is 2.21. The van der Waals surface area contributed by atoms with Gasteiger partial charge in [-0.05, 0) is 30.0 Å². The normalized spacial score (nSPS) is 14.5. The first-order valence-corrected chi connectivity index (χ1v) is 6.68. The molecule has 2 unspecified atom stereocenters. The SMILES string of the molecule is CC(NC(=O)NCC(O)c1ccc(F)cc1)C(C)(C)C. The number of rotatable bonds is 4. The van der Waals surface area contributed by atoms with Crippen LogP contribution in [0.4, 0.5) is 9.18 Å². The van der Waals surface area contributed by atoms with Gasteiger partial charge in [0.25, 0.3) is 0 Å². The molecule has 1 aromatic carbocycles. The van der Waals surface area contributed by atoms with Gasteiger partial charge in [-0.25, -0.2) is 9.18 Å². The van der Waals surface area contributed by atoms with E-state index >= 15 is 0 Å². The van der Waals surface area contributed by atoms with Gasteiger partial charge in [0.2, 0.25) is 0 Å². The third-order valence-electron chi connectivity index (χ3n) is 3.36. The van der Waals surface area contributed by atoms with E-state index in [1.165, 1.54) is 24.3 Å². The highest BCUT2D eigenvalue weighted by atomic mass is 19.1. The molecule has 0 aliphatic rings. The predicted octanol–water partition coefficient (Wildman–Crippen LogP) is 2.59. The highest BCUT2D eigenvalue weighted by Crippen LogP contribution is 2.18. The van der Waals surface area contributed by atoms with Crippen molar-refractivity contribution in [3.8, 4) is 0 Å². The van der Waals surface area contributed by atoms with E-state index in [4.69, 9.17) is 0 Å². The Balaban J connectivity index is 2.43. The van der Waals surface area contributed by atoms with Gasteiger partial charge in [-0.3, -0.25) is 0 Å². The maximum Gasteiger partial charge on any atom is 0.315 e. The summed E-state index contributed by atoms with van der Waals surface area (Å²) in [6.07, 6.45) is -0.855. The fourth-order valence-electron chi connectivity index (χ4n) is 1.46. The van der Waals surface area contributed by atoms with Crippen LogP contribution in [0, 0.1) is 11.2 Å². The highest BCUT2D eigenvalue weighted by molar-refractivity contribution is 5.74. The number of hydrogen-bond donors (Lipinski definition) is 3. The van der Waals surface area contributed by atoms with Crippen molar-refractivity contribution in [3.63, 3.8) is 0 Å². The smallest absolute Gasteiger partial charge is 0.315 e. The zero-order valence-electron chi connectivity index (χ0n) is 12.4. The zero-order chi connectivity index (χ0) is 15.3. The second-order valence-electron chi connectivity index (χ2n) is 6.01. The number of carbonyl (C=O) groups excluding carboxylic acids is 1. The lowest BCUT2D eigenvalue weighted by atomic mass is 9.88. The van der Waals surface area contributed by atoms with Crippen LogP contribution in [0.3, 0.4) is 0 Å². The molecule has 0 aromatic heterocycles. The largest absolute Gasteiger partial charge is 0.387 e. The first kappa shape index (κ1) is 16.4. The summed E-state index contributed by atoms with van der Waals surface area (Å²) in [5.41, 5.74) is 0.531. The van der Waals surface area contributed by atoms with Crippen molar-refractivity contribution < 1.29 is 14.3 Å². The van der Waals surface area contributed by atoms with E-state index in [0.717, 1.165) is 0 Å². The second kappa shape index (κ2) is 6.70. The zero-order valence-corrected chi connectivity index (χ0v) is 12.4. The fourth-order valence-corrected chi connectivity index (χ4v) is 1.46. The standard InChI is InChI=1S/C15H23FN2O2/c1-10(15(2,3)4)18-14(20)17-9-13(19)11-5-7-12(16)8-6-11/h5-8,10,13,19H,9H2,1-4H3,(H2,17,18,20). The molecule has 0 saturated carbocycles. The van der Waals surface area contributed by atoms with Crippen LogP contribution >= 0.6 is 0 Å². The summed E-state index contributed by atoms with van der Waals surface area (Å²) in [7, 11) is 0. The summed E-state index contributed by atoms with van der Waals surface area (Å²) in [6.45, 7) is 8.10. The molecule has 0 heterocycles. The lowest BCUT2D eigenvalue weighted by Gasteiger charge is -2.28. The molecule has 0 bridgehead atoms. The minimum absolute atomic E-state index is 0.00506. The molecule has 4 nitrogen and oxygen atoms in total. The molecule has 3 N–H and O–H groups in total. The van der Waals surface area contributed by atoms with Crippen LogP contribution in [0.5, 0.6) is 0 Å². The molecule has 2 amide bonds. The minimum atomic E-state index is -0.855. The van der Waals surface area contributed by atoms with Gasteiger partial charge in [0.05, 0.1) is 6.10 Å². The number of amides is 2. The molecule has 0 saturated heterocycles. The third kappa shape index (κ3) is 5.17. The van der Waals surface area contributed by atoms with E-state index in [1.54, 1.807) is 0 Å². The molecule has 5 heteroatoms. The molecule has 1 aromatic rings. The first-order chi connectivity index (χ1) is 9.20. The van der Waals surface area contributed by atoms with Crippen molar-refractivity contribution in [2.24, 2.45) is 5.41 Å². The number of halogens is 1. The number of carbonyl (C=O) groups is 1. The molecule has 0 radical (unpaired) electrons. The van der Waals surface area contributed by atoms with Gasteiger partial charge in [-0.2, -0.15) is 0 Å². The van der Waals surface area contributed by atoms with E-state index < -0.39 is 6.10 Å². The van der Waals surface area contributed by atoms with Gasteiger partial charge >= 0.3 is 6.03 Å². The Labute approximate surface area is 119 Å². The lowest BCUT2D eigenvalue weighted by Crippen LogP contribution is -2.47. The number of benzene rings is 1. The fraction of sp³-hybridized carbons (Fsp3) is 0.533. The summed E-state index contributed by atoms with van der Waals surface area (Å²) < 4.78 is 12.8. The lowest BCUT2D eigenvalue weighted by molar-refractivity contribution is 0.170. The number of hydrogen-bond acceptors (Lipinski definition) is 2. The van der Waals surface area contributed by atoms with Crippen molar-refractivity contribution >= 4 is 6.03 Å². The average molecular weight is 282 g/mol. The Morgan fingerprint density at radius 1 is 1.30 bits per heavy atom. The van der Waals surface area contributed by atoms with Crippen molar-refractivity contribution in [1.82, 2.24) is 10.6 Å². The van der Waals surface area contributed by atoms with Gasteiger partial charge in [-0.1, -0.05) is 32.9 Å². The molecule has 20 heavy (non-hydrogen) atoms. The molecule has 112 valence electrons. The van der Waals surface area contributed by atoms with Crippen molar-refractivity contribution in [3.05, 3.63) is 35.6 Å². The van der Waals surface area contributed by atoms with Gasteiger partial charge in [-0.15, -0.1) is 0 Å². The number of urea groups is 1. The van der Waals surface area contributed by atoms with Crippen LogP contribution in [0.15, 0.2) is 24.3 Å². The Morgan fingerprint density at radius 3 is 2.35 bits per heavy atom. The molecule has 2 atom stereocenters. The Bertz CT molecular complexity index is 440. The molecule has 1 rings (SSSR count). The van der Waals surface area contributed by atoms with E-state index in [1.807, 2.05) is 27.7 Å². The average Bonchev–Trinajstić information content (AvgIpc) is 2.35. The molecule has 0 fully saturated rings. The van der Waals surface area contributed by atoms with E-state index in [9.17, 15) is 14.3 Å². The van der Waals surface area contributed by atoms with Gasteiger partial charge in [0, 0.05) is 12.6 Å². The van der Waals surface area contributed by atoms with Gasteiger partial charge in [0.1, 0.15) is 5.82 Å². The van der Waals surface area contributed by atoms with E-state index in [0.29, 0.717) is 5.56 Å². The Morgan fingerprint density at radius 2 is 1.85 bits per heavy atom. The Kier molecular flexibility index (Phi) is 5.51. The molecule has 0 aliphatic carbocycles. The van der Waals surface area contributed by atoms with Crippen molar-refractivity contribution in [1.29, 1.82) is 0 Å². The second-order valence-corrected chi connectivity index (χ2v) is 6.01. The van der Waals surface area contributed by atoms with Crippen molar-refractivity contribution in [2.75, 3.05) is 6.54 Å². The maximum atomic E-state index is 12.8. The van der Waals surface area contributed by atoms with Crippen LogP contribution in [-0.4, -0.2) is 23.7 Å². The minimum Gasteiger partial charge on any atom is -0.387 e. The summed E-state index contributed by atoms with van der Waals surface area (Å²) in [6, 6.07) is 5.23. The monoisotopic (exact) mass is 282 g/mol. The molecule has 0 spiro atoms. The van der Waals surface area contributed by atoms with Crippen molar-refractivity contribution in [2.45, 2.75) is 39.8 Å². The quantitative estimate of drug-likeness (QED) is 0.795. The van der Waals surface area contributed by atoms with Crippen LogP contribution in [0.2, 0.25) is 0 Å². The molecule has 0 aliphatic heterocycles. The molecular formula is C15H23FN2O2. The Hall–Kier alpha value is -1.62. The topological polar surface area (TPSA) is 61.4 Å². The van der Waals surface area contributed by atoms with Crippen LogP contribution in [0.1, 0.15) is 39.4 Å². The number of aliphatic hydroxyl groups excluding tert-OH is 1. The van der Waals surface area contributed by atoms with Crippen LogP contribution in [0.25, 0.3) is 0 Å². The van der Waals surface area contributed by atoms with Crippen LogP contribution in [-0.2, 0) is 0 Å². The first-order valence-electron chi connectivity index (χ1n) is 6.68. The summed E-state index contributed by atoms with van der Waals surface area (Å²) in [5, 5.41) is 15.3. The number of nitrogens with one attached hydrogen (secondary N) is 2. The molecular weight excluding hydrogens is 259 g/mol. The van der Waals surface area contributed by atoms with E-state index in [2.05, 4.69) is 10.6 Å². The summed E-state index contributed by atoms with van der Waals surface area (Å²) >= 11 is 0.